The molecule has 0 radical (unpaired) electrons. The van der Waals surface area contributed by atoms with Crippen molar-refractivity contribution in [2.45, 2.75) is 209 Å². The highest BCUT2D eigenvalue weighted by molar-refractivity contribution is 7.71. The van der Waals surface area contributed by atoms with Gasteiger partial charge in [-0.2, -0.15) is 0 Å². The standard InChI is InChI=1S/C9H21O2P.C9H21OP.C8H19O4P.C8H19O3P/c1-8(2,3)11-12(7,10)9(4,5)6;1-8(2,3)11(7,10)9(4,5)6;1-7(2,3)11-13(9,10)12-8(4,5)6;1-7(2,3)11-12(9,10)8(4,5)6/h10H,7H2,1-6H3;10H,7H2,1-6H3;1-6H3,(H,9,10);1-6H3,(H,9,10). The molecule has 0 aromatic heterocycles. The van der Waals surface area contributed by atoms with Gasteiger partial charge in [0.25, 0.3) is 0 Å². The van der Waals surface area contributed by atoms with Crippen LogP contribution < -0.4 is 0 Å². The molecule has 10 nitrogen and oxygen atoms in total. The first-order valence-electron chi connectivity index (χ1n) is 16.2. The van der Waals surface area contributed by atoms with E-state index in [-0.39, 0.29) is 21.1 Å². The summed E-state index contributed by atoms with van der Waals surface area (Å²) in [4.78, 5) is 39.0. The van der Waals surface area contributed by atoms with Crippen molar-refractivity contribution in [1.29, 1.82) is 0 Å². The SMILES string of the molecule is C=P(O)(C(C)(C)C)C(C)(C)C.C=P(O)(OC(C)(C)C)C(C)(C)C.CC(C)(C)OP(=O)(O)C(C)(C)C.CC(C)(C)OP(=O)(O)OC(C)(C)C. The average Bonchev–Trinajstić information content (AvgIpc) is 2.57. The summed E-state index contributed by atoms with van der Waals surface area (Å²) in [5, 5.41) is -1.10. The molecule has 296 valence electrons. The Balaban J connectivity index is -0.000000269. The Kier molecular flexibility index (Phi) is 20.5. The van der Waals surface area contributed by atoms with E-state index in [0.717, 1.165) is 0 Å². The van der Waals surface area contributed by atoms with Gasteiger partial charge in [0.05, 0.1) is 27.6 Å². The molecule has 0 rings (SSSR count). The summed E-state index contributed by atoms with van der Waals surface area (Å²) in [6.45, 7) is 44.5. The fourth-order valence-corrected chi connectivity index (χ4v) is 8.45. The van der Waals surface area contributed by atoms with Crippen molar-refractivity contribution in [3.63, 3.8) is 0 Å². The fourth-order valence-electron chi connectivity index (χ4n) is 2.82. The number of phosphoric acid groups is 1. The van der Waals surface area contributed by atoms with Gasteiger partial charge < -0.3 is 28.6 Å². The molecule has 14 heteroatoms. The molecule has 2 unspecified atom stereocenters. The van der Waals surface area contributed by atoms with E-state index in [9.17, 15) is 28.7 Å². The largest absolute Gasteiger partial charge is 0.473 e. The van der Waals surface area contributed by atoms with Crippen LogP contribution in [0.25, 0.3) is 0 Å². The van der Waals surface area contributed by atoms with E-state index < -0.39 is 51.8 Å². The molecule has 0 fully saturated rings. The van der Waals surface area contributed by atoms with Crippen LogP contribution in [-0.2, 0) is 27.2 Å². The molecule has 0 amide bonds. The molecule has 0 saturated carbocycles. The Hall–Kier alpha value is 0.740. The minimum atomic E-state index is -3.94. The minimum absolute atomic E-state index is 0.0642. The van der Waals surface area contributed by atoms with Gasteiger partial charge in [-0.25, -0.2) is 4.57 Å². The first-order valence-corrected chi connectivity index (χ1v) is 23.1. The monoisotopic (exact) mass is 772 g/mol. The first-order chi connectivity index (χ1) is 19.8. The summed E-state index contributed by atoms with van der Waals surface area (Å²) in [7, 11) is -12.0. The van der Waals surface area contributed by atoms with E-state index in [0.29, 0.717) is 0 Å². The summed E-state index contributed by atoms with van der Waals surface area (Å²) in [5.74, 6) is 0. The second-order valence-electron chi connectivity index (χ2n) is 20.0. The third-order valence-electron chi connectivity index (χ3n) is 5.72. The lowest BCUT2D eigenvalue weighted by atomic mass is 10.2. The molecule has 0 heterocycles. The number of hydrogen-bond acceptors (Lipinski definition) is 8. The maximum Gasteiger partial charge on any atom is 0.473 e. The zero-order valence-corrected chi connectivity index (χ0v) is 39.0. The Bertz CT molecular complexity index is 1070. The lowest BCUT2D eigenvalue weighted by molar-refractivity contribution is 0.0186. The van der Waals surface area contributed by atoms with Gasteiger partial charge >= 0.3 is 15.4 Å². The minimum Gasteiger partial charge on any atom is -0.376 e. The van der Waals surface area contributed by atoms with E-state index in [4.69, 9.17) is 18.1 Å². The van der Waals surface area contributed by atoms with Crippen LogP contribution in [0.1, 0.15) is 166 Å². The normalized spacial score (nSPS) is 16.9. The lowest BCUT2D eigenvalue weighted by Gasteiger charge is -2.42. The van der Waals surface area contributed by atoms with Gasteiger partial charge in [0.15, 0.2) is 0 Å². The lowest BCUT2D eigenvalue weighted by Crippen LogP contribution is -2.28. The topological polar surface area (TPSA) is 152 Å². The van der Waals surface area contributed by atoms with Crippen LogP contribution in [-0.4, -0.2) is 75.2 Å². The second kappa shape index (κ2) is 17.7. The van der Waals surface area contributed by atoms with Crippen molar-refractivity contribution in [2.24, 2.45) is 0 Å². The van der Waals surface area contributed by atoms with Gasteiger partial charge in [-0.15, -0.1) is 0 Å². The highest BCUT2D eigenvalue weighted by Gasteiger charge is 2.40. The number of phosphoric ester groups is 1. The maximum atomic E-state index is 11.6. The molecule has 0 aliphatic rings. The third kappa shape index (κ3) is 26.5. The van der Waals surface area contributed by atoms with Crippen LogP contribution >= 0.6 is 29.9 Å². The van der Waals surface area contributed by atoms with E-state index in [1.807, 2.05) is 41.5 Å². The van der Waals surface area contributed by atoms with Gasteiger partial charge in [0.1, 0.15) is 7.34 Å². The Morgan fingerprint density at radius 3 is 0.688 bits per heavy atom. The van der Waals surface area contributed by atoms with Crippen LogP contribution in [0.15, 0.2) is 0 Å². The average molecular weight is 773 g/mol. The van der Waals surface area contributed by atoms with Crippen molar-refractivity contribution < 1.29 is 46.8 Å². The molecule has 0 saturated heterocycles. The van der Waals surface area contributed by atoms with Crippen molar-refractivity contribution in [3.8, 4) is 0 Å². The summed E-state index contributed by atoms with van der Waals surface area (Å²) in [5.41, 5.74) is -2.26. The predicted octanol–water partition coefficient (Wildman–Crippen LogP) is 11.3. The summed E-state index contributed by atoms with van der Waals surface area (Å²) in [6.07, 6.45) is 7.75. The molecule has 0 bridgehead atoms. The van der Waals surface area contributed by atoms with Crippen molar-refractivity contribution in [2.75, 3.05) is 0 Å². The van der Waals surface area contributed by atoms with Crippen molar-refractivity contribution in [1.82, 2.24) is 0 Å². The Morgan fingerprint density at radius 1 is 0.375 bits per heavy atom. The number of hydrogen-bond donors (Lipinski definition) is 4. The van der Waals surface area contributed by atoms with Gasteiger partial charge in [-0.05, 0) is 104 Å². The molecule has 0 aromatic rings. The van der Waals surface area contributed by atoms with Crippen LogP contribution in [0.2, 0.25) is 0 Å². The quantitative estimate of drug-likeness (QED) is 0.203. The zero-order valence-electron chi connectivity index (χ0n) is 35.4. The van der Waals surface area contributed by atoms with E-state index in [1.54, 1.807) is 83.1 Å². The number of rotatable bonds is 4. The summed E-state index contributed by atoms with van der Waals surface area (Å²) >= 11 is 0. The van der Waals surface area contributed by atoms with Crippen molar-refractivity contribution in [3.05, 3.63) is 0 Å². The van der Waals surface area contributed by atoms with Crippen LogP contribution in [0.4, 0.5) is 0 Å². The van der Waals surface area contributed by atoms with Crippen LogP contribution in [0.5, 0.6) is 0 Å². The molecule has 0 aliphatic carbocycles. The molecule has 0 aliphatic heterocycles. The predicted molar refractivity (Wildman–Crippen MR) is 215 cm³/mol. The highest BCUT2D eigenvalue weighted by Crippen LogP contribution is 2.63. The van der Waals surface area contributed by atoms with Gasteiger partial charge in [-0.3, -0.25) is 13.6 Å². The van der Waals surface area contributed by atoms with Crippen LogP contribution in [0, 0.1) is 0 Å². The molecule has 2 atom stereocenters. The Labute approximate surface area is 297 Å². The molecule has 0 aromatic carbocycles. The smallest absolute Gasteiger partial charge is 0.376 e. The second-order valence-corrected chi connectivity index (χ2v) is 31.0. The maximum absolute atomic E-state index is 11.6. The Morgan fingerprint density at radius 2 is 0.604 bits per heavy atom. The molecule has 4 N–H and O–H groups in total. The molecular weight excluding hydrogens is 692 g/mol. The van der Waals surface area contributed by atoms with Crippen molar-refractivity contribution >= 4 is 42.5 Å². The van der Waals surface area contributed by atoms with Crippen LogP contribution in [0.3, 0.4) is 0 Å². The first kappa shape index (κ1) is 55.5. The van der Waals surface area contributed by atoms with E-state index >= 15 is 0 Å². The zero-order chi connectivity index (χ0) is 40.8. The fraction of sp³-hybridized carbons (Fsp3) is 0.941. The highest BCUT2D eigenvalue weighted by atomic mass is 31.2. The summed E-state index contributed by atoms with van der Waals surface area (Å²) in [6, 6.07) is 0. The van der Waals surface area contributed by atoms with Gasteiger partial charge in [0, 0.05) is 22.6 Å². The van der Waals surface area contributed by atoms with Gasteiger partial charge in [-0.1, -0.05) is 74.9 Å². The third-order valence-corrected chi connectivity index (χ3v) is 17.1. The van der Waals surface area contributed by atoms with Gasteiger partial charge in [0.2, 0.25) is 0 Å². The molecular formula is C34H80O10P4. The molecule has 0 spiro atoms. The summed E-state index contributed by atoms with van der Waals surface area (Å²) < 4.78 is 43.4. The molecule has 48 heavy (non-hydrogen) atoms. The van der Waals surface area contributed by atoms with E-state index in [1.165, 1.54) is 0 Å². The van der Waals surface area contributed by atoms with E-state index in [2.05, 4.69) is 54.1 Å².